The molecule has 0 aliphatic heterocycles. The van der Waals surface area contributed by atoms with Gasteiger partial charge in [0.05, 0.1) is 0 Å². The lowest BCUT2D eigenvalue weighted by atomic mass is 9.91. The third-order valence-electron chi connectivity index (χ3n) is 3.53. The number of ketones is 2. The maximum absolute atomic E-state index is 14.1. The fourth-order valence-electron chi connectivity index (χ4n) is 2.31. The third kappa shape index (κ3) is 3.75. The molecule has 2 nitrogen and oxygen atoms in total. The molecule has 0 aliphatic carbocycles. The van der Waals surface area contributed by atoms with Crippen molar-refractivity contribution in [2.24, 2.45) is 0 Å². The van der Waals surface area contributed by atoms with Gasteiger partial charge in [0.25, 0.3) is 0 Å². The van der Waals surface area contributed by atoms with Crippen molar-refractivity contribution in [1.29, 1.82) is 0 Å². The molecule has 0 fully saturated rings. The number of carbonyl (C=O) groups excluding carboxylic acids is 2. The molecule has 1 aromatic carbocycles. The summed E-state index contributed by atoms with van der Waals surface area (Å²) in [7, 11) is 0. The number of halogens is 1. The van der Waals surface area contributed by atoms with E-state index in [-0.39, 0.29) is 6.42 Å². The average molecular weight is 278 g/mol. The molecule has 0 radical (unpaired) electrons. The van der Waals surface area contributed by atoms with Gasteiger partial charge in [0.2, 0.25) is 12.0 Å². The predicted molar refractivity (Wildman–Crippen MR) is 79.0 cm³/mol. The normalized spacial score (nSPS) is 12.2. The van der Waals surface area contributed by atoms with Crippen molar-refractivity contribution in [1.82, 2.24) is 0 Å². The summed E-state index contributed by atoms with van der Waals surface area (Å²) in [5, 5.41) is 0. The lowest BCUT2D eigenvalue weighted by molar-refractivity contribution is -0.122. The predicted octanol–water partition coefficient (Wildman–Crippen LogP) is 4.09. The Labute approximate surface area is 120 Å². The highest BCUT2D eigenvalue weighted by atomic mass is 19.1. The molecule has 0 saturated heterocycles. The van der Waals surface area contributed by atoms with Crippen LogP contribution in [0.5, 0.6) is 0 Å². The molecule has 0 spiro atoms. The molecule has 0 N–H and O–H groups in total. The first kappa shape index (κ1) is 16.5. The monoisotopic (exact) mass is 278 g/mol. The number of rotatable bonds is 8. The maximum Gasteiger partial charge on any atom is 0.220 e. The summed E-state index contributed by atoms with van der Waals surface area (Å²) in [5.41, 5.74) is 2.05. The molecular weight excluding hydrogens is 255 g/mol. The molecule has 1 unspecified atom stereocenters. The SMILES string of the molecule is CCCCC(=O)C(F)C(=O)c1c(CC)cccc1CC. The zero-order valence-corrected chi connectivity index (χ0v) is 12.5. The van der Waals surface area contributed by atoms with Crippen molar-refractivity contribution in [2.45, 2.75) is 59.0 Å². The smallest absolute Gasteiger partial charge is 0.220 e. The van der Waals surface area contributed by atoms with Crippen molar-refractivity contribution in [3.8, 4) is 0 Å². The highest BCUT2D eigenvalue weighted by molar-refractivity contribution is 6.14. The molecule has 0 bridgehead atoms. The molecule has 1 atom stereocenters. The van der Waals surface area contributed by atoms with E-state index in [1.165, 1.54) is 0 Å². The molecule has 110 valence electrons. The van der Waals surface area contributed by atoms with Crippen molar-refractivity contribution < 1.29 is 14.0 Å². The Morgan fingerprint density at radius 1 is 1.10 bits per heavy atom. The second-order valence-corrected chi connectivity index (χ2v) is 4.96. The molecule has 0 aromatic heterocycles. The van der Waals surface area contributed by atoms with E-state index in [1.807, 2.05) is 39.0 Å². The Bertz CT molecular complexity index is 458. The second kappa shape index (κ2) is 7.93. The molecule has 0 heterocycles. The topological polar surface area (TPSA) is 34.1 Å². The fourth-order valence-corrected chi connectivity index (χ4v) is 2.31. The zero-order chi connectivity index (χ0) is 15.1. The molecule has 1 aromatic rings. The summed E-state index contributed by atoms with van der Waals surface area (Å²) < 4.78 is 14.1. The largest absolute Gasteiger partial charge is 0.296 e. The van der Waals surface area contributed by atoms with Crippen LogP contribution in [0, 0.1) is 0 Å². The summed E-state index contributed by atoms with van der Waals surface area (Å²) in [6.45, 7) is 5.79. The van der Waals surface area contributed by atoms with Gasteiger partial charge in [0, 0.05) is 12.0 Å². The molecule has 0 amide bonds. The molecule has 3 heteroatoms. The summed E-state index contributed by atoms with van der Waals surface area (Å²) in [6, 6.07) is 5.53. The first-order chi connectivity index (χ1) is 9.56. The van der Waals surface area contributed by atoms with Gasteiger partial charge in [0.1, 0.15) is 0 Å². The number of hydrogen-bond donors (Lipinski definition) is 0. The van der Waals surface area contributed by atoms with E-state index in [1.54, 1.807) is 0 Å². The summed E-state index contributed by atoms with van der Waals surface area (Å²) in [4.78, 5) is 24.0. The standard InChI is InChI=1S/C17H23FO2/c1-4-7-11-14(19)16(18)17(20)15-12(5-2)9-8-10-13(15)6-3/h8-10,16H,4-7,11H2,1-3H3. The Morgan fingerprint density at radius 3 is 2.10 bits per heavy atom. The van der Waals surface area contributed by atoms with Gasteiger partial charge in [0.15, 0.2) is 5.78 Å². The average Bonchev–Trinajstić information content (AvgIpc) is 2.49. The third-order valence-corrected chi connectivity index (χ3v) is 3.53. The van der Waals surface area contributed by atoms with Crippen molar-refractivity contribution >= 4 is 11.6 Å². The van der Waals surface area contributed by atoms with E-state index < -0.39 is 17.7 Å². The van der Waals surface area contributed by atoms with Crippen LogP contribution in [0.15, 0.2) is 18.2 Å². The van der Waals surface area contributed by atoms with Gasteiger partial charge in [-0.15, -0.1) is 0 Å². The number of aryl methyl sites for hydroxylation is 2. The van der Waals surface area contributed by atoms with E-state index in [0.29, 0.717) is 24.8 Å². The van der Waals surface area contributed by atoms with Crippen molar-refractivity contribution in [2.75, 3.05) is 0 Å². The number of carbonyl (C=O) groups is 2. The molecule has 1 rings (SSSR count). The first-order valence-corrected chi connectivity index (χ1v) is 7.38. The highest BCUT2D eigenvalue weighted by Crippen LogP contribution is 2.20. The number of unbranched alkanes of at least 4 members (excludes halogenated alkanes) is 1. The van der Waals surface area contributed by atoms with Crippen LogP contribution in [0.25, 0.3) is 0 Å². The molecular formula is C17H23FO2. The zero-order valence-electron chi connectivity index (χ0n) is 12.5. The van der Waals surface area contributed by atoms with Gasteiger partial charge in [-0.25, -0.2) is 4.39 Å². The number of benzene rings is 1. The maximum atomic E-state index is 14.1. The minimum atomic E-state index is -2.01. The van der Waals surface area contributed by atoms with Crippen LogP contribution in [-0.2, 0) is 17.6 Å². The van der Waals surface area contributed by atoms with E-state index in [0.717, 1.165) is 17.5 Å². The van der Waals surface area contributed by atoms with Crippen LogP contribution in [0.2, 0.25) is 0 Å². The Balaban J connectivity index is 3.04. The summed E-state index contributed by atoms with van der Waals surface area (Å²) >= 11 is 0. The minimum Gasteiger partial charge on any atom is -0.296 e. The summed E-state index contributed by atoms with van der Waals surface area (Å²) in [6.07, 6.45) is 0.884. The molecule has 0 aliphatic rings. The van der Waals surface area contributed by atoms with Gasteiger partial charge >= 0.3 is 0 Å². The van der Waals surface area contributed by atoms with E-state index in [9.17, 15) is 14.0 Å². The van der Waals surface area contributed by atoms with Gasteiger partial charge in [-0.2, -0.15) is 0 Å². The van der Waals surface area contributed by atoms with Crippen LogP contribution in [0.1, 0.15) is 61.5 Å². The van der Waals surface area contributed by atoms with Crippen LogP contribution in [-0.4, -0.2) is 17.7 Å². The van der Waals surface area contributed by atoms with E-state index in [2.05, 4.69) is 0 Å². The van der Waals surface area contributed by atoms with Gasteiger partial charge in [-0.1, -0.05) is 45.4 Å². The van der Waals surface area contributed by atoms with Crippen LogP contribution >= 0.6 is 0 Å². The quantitative estimate of drug-likeness (QED) is 0.530. The number of alkyl halides is 1. The molecule has 20 heavy (non-hydrogen) atoms. The summed E-state index contributed by atoms with van der Waals surface area (Å²) in [5.74, 6) is -1.26. The van der Waals surface area contributed by atoms with Gasteiger partial charge < -0.3 is 0 Å². The number of Topliss-reactive ketones (excluding diaryl/α,β-unsaturated/α-hetero) is 2. The van der Waals surface area contributed by atoms with E-state index >= 15 is 0 Å². The molecule has 0 saturated carbocycles. The first-order valence-electron chi connectivity index (χ1n) is 7.38. The Kier molecular flexibility index (Phi) is 6.56. The Morgan fingerprint density at radius 2 is 1.65 bits per heavy atom. The van der Waals surface area contributed by atoms with Gasteiger partial charge in [-0.3, -0.25) is 9.59 Å². The van der Waals surface area contributed by atoms with Crippen molar-refractivity contribution in [3.63, 3.8) is 0 Å². The lowest BCUT2D eigenvalue weighted by Crippen LogP contribution is -2.27. The minimum absolute atomic E-state index is 0.138. The van der Waals surface area contributed by atoms with Crippen molar-refractivity contribution in [3.05, 3.63) is 34.9 Å². The van der Waals surface area contributed by atoms with Crippen LogP contribution in [0.4, 0.5) is 4.39 Å². The van der Waals surface area contributed by atoms with E-state index in [4.69, 9.17) is 0 Å². The highest BCUT2D eigenvalue weighted by Gasteiger charge is 2.29. The Hall–Kier alpha value is -1.51. The second-order valence-electron chi connectivity index (χ2n) is 4.96. The fraction of sp³-hybridized carbons (Fsp3) is 0.529. The number of hydrogen-bond acceptors (Lipinski definition) is 2. The van der Waals surface area contributed by atoms with Gasteiger partial charge in [-0.05, 0) is 30.4 Å². The van der Waals surface area contributed by atoms with Crippen LogP contribution < -0.4 is 0 Å². The van der Waals surface area contributed by atoms with Crippen LogP contribution in [0.3, 0.4) is 0 Å². The lowest BCUT2D eigenvalue weighted by Gasteiger charge is -2.14.